The minimum absolute atomic E-state index is 0.135. The van der Waals surface area contributed by atoms with Crippen molar-refractivity contribution in [2.75, 3.05) is 0 Å². The summed E-state index contributed by atoms with van der Waals surface area (Å²) in [5, 5.41) is 12.9. The zero-order valence-electron chi connectivity index (χ0n) is 12.8. The molecule has 2 nitrogen and oxygen atoms in total. The molecule has 20 heavy (non-hydrogen) atoms. The Morgan fingerprint density at radius 1 is 1.15 bits per heavy atom. The van der Waals surface area contributed by atoms with Gasteiger partial charge >= 0.3 is 0 Å². The lowest BCUT2D eigenvalue weighted by atomic mass is 9.95. The maximum Gasteiger partial charge on any atom is 0.0681 e. The van der Waals surface area contributed by atoms with Crippen molar-refractivity contribution in [3.8, 4) is 0 Å². The van der Waals surface area contributed by atoms with E-state index in [4.69, 9.17) is 0 Å². The molecule has 1 aliphatic rings. The fourth-order valence-electron chi connectivity index (χ4n) is 3.38. The topological polar surface area (TPSA) is 32.3 Å². The molecule has 1 aromatic rings. The van der Waals surface area contributed by atoms with Gasteiger partial charge in [0.2, 0.25) is 0 Å². The Morgan fingerprint density at radius 2 is 2.00 bits per heavy atom. The van der Waals surface area contributed by atoms with Crippen molar-refractivity contribution in [3.05, 3.63) is 35.4 Å². The first-order valence-electron chi connectivity index (χ1n) is 8.24. The summed E-state index contributed by atoms with van der Waals surface area (Å²) in [6, 6.07) is 8.93. The van der Waals surface area contributed by atoms with Gasteiger partial charge in [-0.1, -0.05) is 56.9 Å². The lowest BCUT2D eigenvalue weighted by Crippen LogP contribution is -2.28. The van der Waals surface area contributed by atoms with Crippen molar-refractivity contribution < 1.29 is 5.11 Å². The molecule has 2 unspecified atom stereocenters. The first kappa shape index (κ1) is 15.5. The fourth-order valence-corrected chi connectivity index (χ4v) is 3.38. The monoisotopic (exact) mass is 275 g/mol. The molecule has 2 rings (SSSR count). The molecule has 0 radical (unpaired) electrons. The summed E-state index contributed by atoms with van der Waals surface area (Å²) in [6.45, 7) is 3.36. The van der Waals surface area contributed by atoms with Gasteiger partial charge in [-0.2, -0.15) is 0 Å². The molecule has 112 valence electrons. The van der Waals surface area contributed by atoms with Crippen LogP contribution in [0.5, 0.6) is 0 Å². The molecule has 2 N–H and O–H groups in total. The van der Waals surface area contributed by atoms with Crippen LogP contribution < -0.4 is 5.32 Å². The van der Waals surface area contributed by atoms with Crippen LogP contribution in [0.2, 0.25) is 0 Å². The molecule has 0 heterocycles. The summed E-state index contributed by atoms with van der Waals surface area (Å²) in [4.78, 5) is 0. The predicted molar refractivity (Wildman–Crippen MR) is 84.5 cm³/mol. The number of aliphatic hydroxyl groups is 1. The van der Waals surface area contributed by atoms with Crippen LogP contribution in [-0.2, 0) is 13.2 Å². The van der Waals surface area contributed by atoms with Gasteiger partial charge in [0.15, 0.2) is 0 Å². The molecular weight excluding hydrogens is 246 g/mol. The summed E-state index contributed by atoms with van der Waals surface area (Å²) < 4.78 is 0. The largest absolute Gasteiger partial charge is 0.392 e. The number of nitrogens with one attached hydrogen (secondary N) is 1. The van der Waals surface area contributed by atoms with E-state index < -0.39 is 0 Å². The van der Waals surface area contributed by atoms with Crippen LogP contribution in [0.15, 0.2) is 24.3 Å². The van der Waals surface area contributed by atoms with Crippen LogP contribution in [0, 0.1) is 5.92 Å². The van der Waals surface area contributed by atoms with Crippen LogP contribution in [0.25, 0.3) is 0 Å². The third-order valence-corrected chi connectivity index (χ3v) is 4.55. The van der Waals surface area contributed by atoms with Gasteiger partial charge in [-0.05, 0) is 36.3 Å². The second-order valence-electron chi connectivity index (χ2n) is 6.22. The Hall–Kier alpha value is -0.860. The highest BCUT2D eigenvalue weighted by atomic mass is 16.3. The third-order valence-electron chi connectivity index (χ3n) is 4.55. The molecule has 0 saturated heterocycles. The smallest absolute Gasteiger partial charge is 0.0681 e. The highest BCUT2D eigenvalue weighted by molar-refractivity contribution is 5.22. The van der Waals surface area contributed by atoms with E-state index in [1.54, 1.807) is 0 Å². The molecule has 2 atom stereocenters. The first-order chi connectivity index (χ1) is 9.81. The van der Waals surface area contributed by atoms with Crippen molar-refractivity contribution >= 4 is 0 Å². The molecular formula is C18H29NO. The quantitative estimate of drug-likeness (QED) is 0.769. The summed E-state index contributed by atoms with van der Waals surface area (Å²) >= 11 is 0. The second-order valence-corrected chi connectivity index (χ2v) is 6.22. The van der Waals surface area contributed by atoms with E-state index in [1.165, 1.54) is 50.5 Å². The molecule has 1 aromatic carbocycles. The Labute approximate surface area is 123 Å². The minimum Gasteiger partial charge on any atom is -0.392 e. The molecule has 1 saturated carbocycles. The van der Waals surface area contributed by atoms with Crippen molar-refractivity contribution in [2.45, 2.75) is 71.1 Å². The van der Waals surface area contributed by atoms with Crippen LogP contribution in [0.1, 0.15) is 63.0 Å². The Morgan fingerprint density at radius 3 is 2.80 bits per heavy atom. The Kier molecular flexibility index (Phi) is 6.55. The number of rotatable bonds is 6. The summed E-state index contributed by atoms with van der Waals surface area (Å²) in [5.74, 6) is 0.963. The molecule has 0 amide bonds. The average Bonchev–Trinajstić information content (AvgIpc) is 2.71. The van der Waals surface area contributed by atoms with Crippen LogP contribution in [0.3, 0.4) is 0 Å². The van der Waals surface area contributed by atoms with Gasteiger partial charge in [-0.15, -0.1) is 0 Å². The van der Waals surface area contributed by atoms with E-state index in [0.29, 0.717) is 6.04 Å². The van der Waals surface area contributed by atoms with Gasteiger partial charge in [0.05, 0.1) is 6.61 Å². The predicted octanol–water partition coefficient (Wildman–Crippen LogP) is 4.02. The molecule has 0 aromatic heterocycles. The van der Waals surface area contributed by atoms with E-state index >= 15 is 0 Å². The average molecular weight is 275 g/mol. The minimum atomic E-state index is 0.135. The highest BCUT2D eigenvalue weighted by Gasteiger charge is 2.17. The summed E-state index contributed by atoms with van der Waals surface area (Å²) in [7, 11) is 0. The third kappa shape index (κ3) is 4.92. The zero-order valence-corrected chi connectivity index (χ0v) is 12.8. The van der Waals surface area contributed by atoms with E-state index in [-0.39, 0.29) is 6.61 Å². The molecule has 1 fully saturated rings. The summed E-state index contributed by atoms with van der Waals surface area (Å²) in [5.41, 5.74) is 2.29. The maximum absolute atomic E-state index is 9.18. The van der Waals surface area contributed by atoms with E-state index in [0.717, 1.165) is 18.0 Å². The molecule has 0 spiro atoms. The number of hydrogen-bond acceptors (Lipinski definition) is 2. The molecule has 0 aliphatic heterocycles. The zero-order chi connectivity index (χ0) is 14.2. The summed E-state index contributed by atoms with van der Waals surface area (Å²) in [6.07, 6.45) is 9.57. The van der Waals surface area contributed by atoms with Gasteiger partial charge in [0.1, 0.15) is 0 Å². The SMILES string of the molecule is CCCC1CCCC(NCc2cccc(CO)c2)CC1. The number of aliphatic hydroxyl groups excluding tert-OH is 1. The standard InChI is InChI=1S/C18H29NO/c1-2-5-15-6-4-9-18(11-10-15)19-13-16-7-3-8-17(12-16)14-20/h3,7-8,12,15,18-20H,2,4-6,9-11,13-14H2,1H3. The normalized spacial score (nSPS) is 23.5. The van der Waals surface area contributed by atoms with Crippen LogP contribution in [-0.4, -0.2) is 11.1 Å². The van der Waals surface area contributed by atoms with Crippen LogP contribution in [0.4, 0.5) is 0 Å². The van der Waals surface area contributed by atoms with E-state index in [1.807, 2.05) is 12.1 Å². The van der Waals surface area contributed by atoms with Gasteiger partial charge < -0.3 is 10.4 Å². The van der Waals surface area contributed by atoms with E-state index in [2.05, 4.69) is 24.4 Å². The van der Waals surface area contributed by atoms with Gasteiger partial charge in [0, 0.05) is 12.6 Å². The Balaban J connectivity index is 1.78. The lowest BCUT2D eigenvalue weighted by molar-refractivity contribution is 0.281. The van der Waals surface area contributed by atoms with Crippen molar-refractivity contribution in [1.29, 1.82) is 0 Å². The van der Waals surface area contributed by atoms with Crippen LogP contribution >= 0.6 is 0 Å². The molecule has 2 heteroatoms. The Bertz CT molecular complexity index is 391. The molecule has 1 aliphatic carbocycles. The second kappa shape index (κ2) is 8.43. The van der Waals surface area contributed by atoms with E-state index in [9.17, 15) is 5.11 Å². The maximum atomic E-state index is 9.18. The van der Waals surface area contributed by atoms with Gasteiger partial charge in [-0.3, -0.25) is 0 Å². The van der Waals surface area contributed by atoms with Crippen molar-refractivity contribution in [1.82, 2.24) is 5.32 Å². The first-order valence-corrected chi connectivity index (χ1v) is 8.24. The number of hydrogen-bond donors (Lipinski definition) is 2. The highest BCUT2D eigenvalue weighted by Crippen LogP contribution is 2.26. The van der Waals surface area contributed by atoms with Crippen molar-refractivity contribution in [3.63, 3.8) is 0 Å². The molecule has 0 bridgehead atoms. The van der Waals surface area contributed by atoms with Gasteiger partial charge in [-0.25, -0.2) is 0 Å². The lowest BCUT2D eigenvalue weighted by Gasteiger charge is -2.17. The number of benzene rings is 1. The van der Waals surface area contributed by atoms with Gasteiger partial charge in [0.25, 0.3) is 0 Å². The van der Waals surface area contributed by atoms with Crippen molar-refractivity contribution in [2.24, 2.45) is 5.92 Å². The fraction of sp³-hybridized carbons (Fsp3) is 0.667.